The van der Waals surface area contributed by atoms with E-state index in [1.165, 1.54) is 36.9 Å². The van der Waals surface area contributed by atoms with Crippen molar-refractivity contribution in [2.45, 2.75) is 20.0 Å². The first kappa shape index (κ1) is 21.6. The largest absolute Gasteiger partial charge is 0.495 e. The number of methoxy groups -OCH3 is 1. The molecule has 2 aromatic carbocycles. The Bertz CT molecular complexity index is 1210. The van der Waals surface area contributed by atoms with Crippen molar-refractivity contribution >= 4 is 23.2 Å². The van der Waals surface area contributed by atoms with Crippen molar-refractivity contribution in [1.82, 2.24) is 9.13 Å². The molecule has 160 valence electrons. The van der Waals surface area contributed by atoms with Gasteiger partial charge >= 0.3 is 5.69 Å². The van der Waals surface area contributed by atoms with Crippen LogP contribution in [0.4, 0.5) is 11.4 Å². The van der Waals surface area contributed by atoms with Crippen molar-refractivity contribution in [2.75, 3.05) is 17.7 Å². The number of carbonyl (C=O) groups is 2. The Labute approximate surface area is 177 Å². The second kappa shape index (κ2) is 9.57. The Hall–Kier alpha value is -4.14. The summed E-state index contributed by atoms with van der Waals surface area (Å²) in [6.45, 7) is 1.17. The van der Waals surface area contributed by atoms with E-state index in [1.54, 1.807) is 12.1 Å². The predicted octanol–water partition coefficient (Wildman–Crippen LogP) is 1.66. The monoisotopic (exact) mass is 422 g/mol. The van der Waals surface area contributed by atoms with E-state index in [0.29, 0.717) is 17.1 Å². The fourth-order valence-corrected chi connectivity index (χ4v) is 3.02. The maximum atomic E-state index is 12.8. The highest BCUT2D eigenvalue weighted by atomic mass is 16.5. The molecule has 0 aliphatic heterocycles. The van der Waals surface area contributed by atoms with Crippen molar-refractivity contribution in [1.29, 1.82) is 0 Å². The minimum atomic E-state index is -0.592. The zero-order chi connectivity index (χ0) is 22.4. The molecule has 31 heavy (non-hydrogen) atoms. The number of amides is 2. The molecule has 3 aromatic rings. The molecule has 0 saturated carbocycles. The quantitative estimate of drug-likeness (QED) is 0.602. The Morgan fingerprint density at radius 3 is 2.42 bits per heavy atom. The molecule has 0 fully saturated rings. The number of ether oxygens (including phenoxy) is 1. The van der Waals surface area contributed by atoms with Crippen LogP contribution in [0.5, 0.6) is 5.75 Å². The van der Waals surface area contributed by atoms with Crippen LogP contribution in [0.15, 0.2) is 70.4 Å². The average molecular weight is 422 g/mol. The molecule has 0 radical (unpaired) electrons. The summed E-state index contributed by atoms with van der Waals surface area (Å²) in [4.78, 5) is 48.9. The molecule has 9 heteroatoms. The predicted molar refractivity (Wildman–Crippen MR) is 116 cm³/mol. The Morgan fingerprint density at radius 1 is 1.00 bits per heavy atom. The highest BCUT2D eigenvalue weighted by molar-refractivity contribution is 5.94. The highest BCUT2D eigenvalue weighted by Gasteiger charge is 2.13. The van der Waals surface area contributed by atoms with Gasteiger partial charge in [-0.15, -0.1) is 0 Å². The molecule has 1 aromatic heterocycles. The average Bonchev–Trinajstić information content (AvgIpc) is 2.74. The Morgan fingerprint density at radius 2 is 1.74 bits per heavy atom. The highest BCUT2D eigenvalue weighted by Crippen LogP contribution is 2.27. The third kappa shape index (κ3) is 5.47. The second-order valence-corrected chi connectivity index (χ2v) is 6.78. The molecule has 3 rings (SSSR count). The van der Waals surface area contributed by atoms with Crippen LogP contribution < -0.4 is 26.6 Å². The molecule has 0 spiro atoms. The fourth-order valence-electron chi connectivity index (χ4n) is 3.02. The molecule has 9 nitrogen and oxygen atoms in total. The number of nitrogens with one attached hydrogen (secondary N) is 2. The summed E-state index contributed by atoms with van der Waals surface area (Å²) >= 11 is 0. The number of rotatable bonds is 7. The van der Waals surface area contributed by atoms with Crippen LogP contribution in [0.1, 0.15) is 12.5 Å². The van der Waals surface area contributed by atoms with Crippen molar-refractivity contribution in [3.05, 3.63) is 87.2 Å². The molecule has 0 atom stereocenters. The molecule has 2 amide bonds. The van der Waals surface area contributed by atoms with Crippen LogP contribution in [-0.4, -0.2) is 28.1 Å². The third-order valence-corrected chi connectivity index (χ3v) is 4.43. The van der Waals surface area contributed by atoms with Gasteiger partial charge < -0.3 is 15.4 Å². The second-order valence-electron chi connectivity index (χ2n) is 6.78. The molecular weight excluding hydrogens is 400 g/mol. The van der Waals surface area contributed by atoms with Crippen LogP contribution in [-0.2, 0) is 22.7 Å². The van der Waals surface area contributed by atoms with Gasteiger partial charge in [0.05, 0.1) is 19.3 Å². The van der Waals surface area contributed by atoms with Gasteiger partial charge in [-0.2, -0.15) is 0 Å². The lowest BCUT2D eigenvalue weighted by Crippen LogP contribution is -2.41. The van der Waals surface area contributed by atoms with Gasteiger partial charge in [0, 0.05) is 24.9 Å². The van der Waals surface area contributed by atoms with Crippen LogP contribution in [0.2, 0.25) is 0 Å². The lowest BCUT2D eigenvalue weighted by molar-refractivity contribution is -0.117. The minimum absolute atomic E-state index is 0.266. The van der Waals surface area contributed by atoms with Gasteiger partial charge in [0.1, 0.15) is 12.3 Å². The van der Waals surface area contributed by atoms with E-state index in [2.05, 4.69) is 10.6 Å². The summed E-state index contributed by atoms with van der Waals surface area (Å²) in [6, 6.07) is 15.3. The first-order chi connectivity index (χ1) is 14.9. The van der Waals surface area contributed by atoms with Crippen LogP contribution in [0.3, 0.4) is 0 Å². The lowest BCUT2D eigenvalue weighted by Gasteiger charge is -2.13. The first-order valence-corrected chi connectivity index (χ1v) is 9.47. The molecule has 1 heterocycles. The van der Waals surface area contributed by atoms with Crippen LogP contribution in [0, 0.1) is 0 Å². The van der Waals surface area contributed by atoms with E-state index in [9.17, 15) is 19.2 Å². The summed E-state index contributed by atoms with van der Waals surface area (Å²) in [6.07, 6.45) is 1.41. The van der Waals surface area contributed by atoms with Crippen LogP contribution in [0.25, 0.3) is 0 Å². The van der Waals surface area contributed by atoms with Crippen molar-refractivity contribution < 1.29 is 14.3 Å². The summed E-state index contributed by atoms with van der Waals surface area (Å²) in [7, 11) is 1.44. The van der Waals surface area contributed by atoms with E-state index < -0.39 is 23.7 Å². The molecule has 0 saturated heterocycles. The van der Waals surface area contributed by atoms with Crippen molar-refractivity contribution in [2.24, 2.45) is 0 Å². The summed E-state index contributed by atoms with van der Waals surface area (Å²) in [5, 5.41) is 5.24. The number of anilines is 2. The summed E-state index contributed by atoms with van der Waals surface area (Å²) in [5.41, 5.74) is 0.477. The summed E-state index contributed by atoms with van der Waals surface area (Å²) < 4.78 is 7.45. The van der Waals surface area contributed by atoms with Gasteiger partial charge in [0.2, 0.25) is 11.8 Å². The summed E-state index contributed by atoms with van der Waals surface area (Å²) in [5.74, 6) is -0.489. The van der Waals surface area contributed by atoms with Gasteiger partial charge in [-0.1, -0.05) is 30.3 Å². The van der Waals surface area contributed by atoms with Gasteiger partial charge in [-0.3, -0.25) is 23.5 Å². The Balaban J connectivity index is 1.82. The zero-order valence-corrected chi connectivity index (χ0v) is 17.1. The minimum Gasteiger partial charge on any atom is -0.495 e. The van der Waals surface area contributed by atoms with E-state index in [4.69, 9.17) is 4.74 Å². The fraction of sp³-hybridized carbons (Fsp3) is 0.182. The van der Waals surface area contributed by atoms with E-state index in [1.807, 2.05) is 30.3 Å². The maximum absolute atomic E-state index is 12.8. The van der Waals surface area contributed by atoms with E-state index >= 15 is 0 Å². The molecule has 0 aliphatic rings. The van der Waals surface area contributed by atoms with Crippen molar-refractivity contribution in [3.8, 4) is 5.75 Å². The van der Waals surface area contributed by atoms with E-state index in [-0.39, 0.29) is 12.5 Å². The normalized spacial score (nSPS) is 10.4. The molecule has 0 unspecified atom stereocenters. The standard InChI is InChI=1S/C22H22N4O5/c1-15(27)23-17-8-9-19(31-2)18(12-17)24-20(28)14-26-21(29)10-11-25(22(26)30)13-16-6-4-3-5-7-16/h3-12H,13-14H2,1-2H3,(H,23,27)(H,24,28). The smallest absolute Gasteiger partial charge is 0.331 e. The number of hydrogen-bond acceptors (Lipinski definition) is 5. The van der Waals surface area contributed by atoms with Gasteiger partial charge in [-0.25, -0.2) is 4.79 Å². The number of hydrogen-bond donors (Lipinski definition) is 2. The van der Waals surface area contributed by atoms with Gasteiger partial charge in [0.25, 0.3) is 5.56 Å². The maximum Gasteiger partial charge on any atom is 0.331 e. The van der Waals surface area contributed by atoms with Gasteiger partial charge in [0.15, 0.2) is 0 Å². The lowest BCUT2D eigenvalue weighted by atomic mass is 10.2. The third-order valence-electron chi connectivity index (χ3n) is 4.43. The van der Waals surface area contributed by atoms with Gasteiger partial charge in [-0.05, 0) is 23.8 Å². The molecule has 0 bridgehead atoms. The van der Waals surface area contributed by atoms with E-state index in [0.717, 1.165) is 10.1 Å². The molecule has 0 aliphatic carbocycles. The molecular formula is C22H22N4O5. The number of carbonyl (C=O) groups excluding carboxylic acids is 2. The van der Waals surface area contributed by atoms with Crippen LogP contribution >= 0.6 is 0 Å². The Kier molecular flexibility index (Phi) is 6.66. The SMILES string of the molecule is COc1ccc(NC(C)=O)cc1NC(=O)Cn1c(=O)ccn(Cc2ccccc2)c1=O. The number of nitrogens with zero attached hydrogens (tertiary/aromatic N) is 2. The first-order valence-electron chi connectivity index (χ1n) is 9.47. The topological polar surface area (TPSA) is 111 Å². The zero-order valence-electron chi connectivity index (χ0n) is 17.1. The number of aromatic nitrogens is 2. The molecule has 2 N–H and O–H groups in total. The van der Waals surface area contributed by atoms with Crippen molar-refractivity contribution in [3.63, 3.8) is 0 Å². The number of benzene rings is 2.